The van der Waals surface area contributed by atoms with Crippen LogP contribution in [0.1, 0.15) is 39.4 Å². The molecule has 0 saturated heterocycles. The molecule has 1 aromatic carbocycles. The monoisotopic (exact) mass is 477 g/mol. The Morgan fingerprint density at radius 1 is 1.21 bits per heavy atom. The molecule has 176 valence electrons. The zero-order valence-electron chi connectivity index (χ0n) is 18.2. The second-order valence-electron chi connectivity index (χ2n) is 7.20. The van der Waals surface area contributed by atoms with E-state index in [4.69, 9.17) is 14.6 Å². The molecule has 1 aliphatic heterocycles. The van der Waals surface area contributed by atoms with Crippen LogP contribution < -0.4 is 14.8 Å². The van der Waals surface area contributed by atoms with Gasteiger partial charge in [0.25, 0.3) is 17.7 Å². The van der Waals surface area contributed by atoms with Crippen LogP contribution in [0, 0.1) is 0 Å². The van der Waals surface area contributed by atoms with Gasteiger partial charge in [0.2, 0.25) is 5.91 Å². The van der Waals surface area contributed by atoms with E-state index in [1.807, 2.05) is 0 Å². The van der Waals surface area contributed by atoms with Crippen LogP contribution in [0.3, 0.4) is 0 Å². The maximum atomic E-state index is 13.3. The van der Waals surface area contributed by atoms with Gasteiger partial charge >= 0.3 is 0 Å². The number of aliphatic hydroxyl groups is 1. The molecule has 12 heteroatoms. The maximum Gasteiger partial charge on any atom is 0.264 e. The minimum absolute atomic E-state index is 0.00668. The van der Waals surface area contributed by atoms with Crippen LogP contribution in [0.5, 0.6) is 11.6 Å². The fourth-order valence-corrected chi connectivity index (χ4v) is 4.38. The highest BCUT2D eigenvalue weighted by Gasteiger charge is 2.44. The number of aliphatic hydroxyl groups excluding tert-OH is 1. The van der Waals surface area contributed by atoms with E-state index >= 15 is 0 Å². The van der Waals surface area contributed by atoms with Gasteiger partial charge in [-0.05, 0) is 31.2 Å². The number of methoxy groups -OCH3 is 1. The van der Waals surface area contributed by atoms with Gasteiger partial charge in [0.15, 0.2) is 5.75 Å². The standard InChI is InChI=1S/C21H23N3O8S/c1-4-32-19-16(31-2)9-8-13(23-19)15(11-33(3,29)30)24-20(27)12-6-5-7-14(18(12)21(24)28)22-17(26)10-25/h5-9,15,25H,4,10-11H2,1-3H3,(H,22,26). The third-order valence-corrected chi connectivity index (χ3v) is 5.75. The van der Waals surface area contributed by atoms with Crippen molar-refractivity contribution in [2.45, 2.75) is 13.0 Å². The first-order chi connectivity index (χ1) is 15.6. The second kappa shape index (κ2) is 9.55. The Morgan fingerprint density at radius 2 is 1.94 bits per heavy atom. The molecule has 1 unspecified atom stereocenters. The number of anilines is 1. The fraction of sp³-hybridized carbons (Fsp3) is 0.333. The van der Waals surface area contributed by atoms with Crippen LogP contribution in [0.4, 0.5) is 5.69 Å². The van der Waals surface area contributed by atoms with Gasteiger partial charge in [0.05, 0.1) is 48.0 Å². The number of nitrogens with zero attached hydrogens (tertiary/aromatic N) is 2. The number of amides is 3. The van der Waals surface area contributed by atoms with E-state index in [1.54, 1.807) is 6.92 Å². The molecule has 3 rings (SSSR count). The molecule has 0 fully saturated rings. The molecular formula is C21H23N3O8S. The van der Waals surface area contributed by atoms with Crippen LogP contribution in [0.15, 0.2) is 30.3 Å². The highest BCUT2D eigenvalue weighted by Crippen LogP contribution is 2.37. The predicted molar refractivity (Wildman–Crippen MR) is 117 cm³/mol. The minimum atomic E-state index is -3.68. The van der Waals surface area contributed by atoms with E-state index in [0.717, 1.165) is 11.2 Å². The third-order valence-electron chi connectivity index (χ3n) is 4.83. The molecule has 33 heavy (non-hydrogen) atoms. The van der Waals surface area contributed by atoms with E-state index in [-0.39, 0.29) is 35.0 Å². The first-order valence-electron chi connectivity index (χ1n) is 9.88. The van der Waals surface area contributed by atoms with Gasteiger partial charge in [0, 0.05) is 6.26 Å². The first-order valence-corrected chi connectivity index (χ1v) is 11.9. The summed E-state index contributed by atoms with van der Waals surface area (Å²) >= 11 is 0. The zero-order valence-corrected chi connectivity index (χ0v) is 19.0. The Hall–Kier alpha value is -3.51. The molecule has 0 radical (unpaired) electrons. The molecule has 2 N–H and O–H groups in total. The Balaban J connectivity index is 2.12. The number of aromatic nitrogens is 1. The molecule has 0 spiro atoms. The van der Waals surface area contributed by atoms with Crippen molar-refractivity contribution in [1.29, 1.82) is 0 Å². The first kappa shape index (κ1) is 24.1. The molecule has 1 atom stereocenters. The number of hydrogen-bond acceptors (Lipinski definition) is 9. The zero-order chi connectivity index (χ0) is 24.3. The van der Waals surface area contributed by atoms with Gasteiger partial charge in [-0.2, -0.15) is 0 Å². The molecule has 1 aromatic heterocycles. The quantitative estimate of drug-likeness (QED) is 0.500. The summed E-state index contributed by atoms with van der Waals surface area (Å²) in [6.45, 7) is 1.17. The van der Waals surface area contributed by atoms with Gasteiger partial charge in [0.1, 0.15) is 16.4 Å². The highest BCUT2D eigenvalue weighted by atomic mass is 32.2. The number of ether oxygens (including phenoxy) is 2. The van der Waals surface area contributed by atoms with Crippen molar-refractivity contribution in [2.24, 2.45) is 0 Å². The average Bonchev–Trinajstić information content (AvgIpc) is 3.02. The summed E-state index contributed by atoms with van der Waals surface area (Å²) in [4.78, 5) is 43.4. The fourth-order valence-electron chi connectivity index (χ4n) is 3.48. The summed E-state index contributed by atoms with van der Waals surface area (Å²) in [5, 5.41) is 11.4. The molecule has 0 aliphatic carbocycles. The van der Waals surface area contributed by atoms with Gasteiger partial charge in [-0.25, -0.2) is 13.4 Å². The topological polar surface area (TPSA) is 152 Å². The summed E-state index contributed by atoms with van der Waals surface area (Å²) in [6.07, 6.45) is 0.984. The van der Waals surface area contributed by atoms with E-state index in [1.165, 1.54) is 37.4 Å². The number of fused-ring (bicyclic) bond motifs is 1. The number of sulfone groups is 1. The lowest BCUT2D eigenvalue weighted by Gasteiger charge is -2.26. The Morgan fingerprint density at radius 3 is 2.55 bits per heavy atom. The Bertz CT molecular complexity index is 1210. The summed E-state index contributed by atoms with van der Waals surface area (Å²) < 4.78 is 35.1. The lowest BCUT2D eigenvalue weighted by atomic mass is 10.1. The van der Waals surface area contributed by atoms with Gasteiger partial charge < -0.3 is 19.9 Å². The molecule has 0 saturated carbocycles. The molecule has 1 aliphatic rings. The number of hydrogen-bond donors (Lipinski definition) is 2. The average molecular weight is 477 g/mol. The molecule has 0 bridgehead atoms. The van der Waals surface area contributed by atoms with Crippen molar-refractivity contribution in [3.05, 3.63) is 47.2 Å². The normalized spacial score (nSPS) is 14.1. The van der Waals surface area contributed by atoms with Crippen molar-refractivity contribution in [3.8, 4) is 11.6 Å². The van der Waals surface area contributed by atoms with Crippen molar-refractivity contribution in [1.82, 2.24) is 9.88 Å². The lowest BCUT2D eigenvalue weighted by Crippen LogP contribution is -2.38. The van der Waals surface area contributed by atoms with Gasteiger partial charge in [-0.15, -0.1) is 0 Å². The van der Waals surface area contributed by atoms with Crippen molar-refractivity contribution >= 4 is 33.2 Å². The number of imide groups is 1. The van der Waals surface area contributed by atoms with Gasteiger partial charge in [-0.3, -0.25) is 19.3 Å². The van der Waals surface area contributed by atoms with Crippen LogP contribution >= 0.6 is 0 Å². The largest absolute Gasteiger partial charge is 0.491 e. The van der Waals surface area contributed by atoms with Gasteiger partial charge in [-0.1, -0.05) is 6.07 Å². The Kier molecular flexibility index (Phi) is 6.98. The number of benzene rings is 1. The van der Waals surface area contributed by atoms with Crippen LogP contribution in [-0.2, 0) is 14.6 Å². The third kappa shape index (κ3) is 4.96. The molecular weight excluding hydrogens is 454 g/mol. The summed E-state index contributed by atoms with van der Waals surface area (Å²) in [5.74, 6) is -2.50. The molecule has 2 aromatic rings. The van der Waals surface area contributed by atoms with Crippen molar-refractivity contribution in [3.63, 3.8) is 0 Å². The summed E-state index contributed by atoms with van der Waals surface area (Å²) in [5.41, 5.74) is 0.0393. The maximum absolute atomic E-state index is 13.3. The number of rotatable bonds is 9. The van der Waals surface area contributed by atoms with E-state index < -0.39 is 46.0 Å². The van der Waals surface area contributed by atoms with Crippen LogP contribution in [0.25, 0.3) is 0 Å². The van der Waals surface area contributed by atoms with Crippen molar-refractivity contribution in [2.75, 3.05) is 37.6 Å². The predicted octanol–water partition coefficient (Wildman–Crippen LogP) is 0.802. The van der Waals surface area contributed by atoms with Crippen LogP contribution in [0.2, 0.25) is 0 Å². The van der Waals surface area contributed by atoms with E-state index in [9.17, 15) is 22.8 Å². The molecule has 11 nitrogen and oxygen atoms in total. The number of carbonyl (C=O) groups is 3. The van der Waals surface area contributed by atoms with Crippen molar-refractivity contribution < 1.29 is 37.4 Å². The number of pyridine rings is 1. The number of nitrogens with one attached hydrogen (secondary N) is 1. The Labute approximate surface area is 190 Å². The summed E-state index contributed by atoms with van der Waals surface area (Å²) in [6, 6.07) is 5.97. The van der Waals surface area contributed by atoms with E-state index in [2.05, 4.69) is 10.3 Å². The lowest BCUT2D eigenvalue weighted by molar-refractivity contribution is -0.118. The smallest absolute Gasteiger partial charge is 0.264 e. The van der Waals surface area contributed by atoms with Crippen LogP contribution in [-0.4, -0.2) is 73.5 Å². The second-order valence-corrected chi connectivity index (χ2v) is 9.38. The molecule has 2 heterocycles. The van der Waals surface area contributed by atoms with E-state index in [0.29, 0.717) is 5.75 Å². The summed E-state index contributed by atoms with van der Waals surface area (Å²) in [7, 11) is -2.26. The minimum Gasteiger partial charge on any atom is -0.491 e. The number of carbonyl (C=O) groups excluding carboxylic acids is 3. The SMILES string of the molecule is CCOc1nc(C(CS(C)(=O)=O)N2C(=O)c3cccc(NC(=O)CO)c3C2=O)ccc1OC. The molecule has 3 amide bonds. The highest BCUT2D eigenvalue weighted by molar-refractivity contribution is 7.90.